The number of hydrogen-bond donors (Lipinski definition) is 2. The molecular weight excluding hydrogens is 212 g/mol. The van der Waals surface area contributed by atoms with Crippen molar-refractivity contribution in [3.8, 4) is 5.75 Å². The molecule has 0 aliphatic carbocycles. The smallest absolute Gasteiger partial charge is 0.124 e. The van der Waals surface area contributed by atoms with E-state index >= 15 is 0 Å². The first-order valence-electron chi connectivity index (χ1n) is 6.10. The van der Waals surface area contributed by atoms with Gasteiger partial charge >= 0.3 is 0 Å². The van der Waals surface area contributed by atoms with Crippen LogP contribution in [0.2, 0.25) is 0 Å². The first kappa shape index (κ1) is 14.0. The maximum atomic E-state index is 5.42. The molecule has 3 heteroatoms. The van der Waals surface area contributed by atoms with Gasteiger partial charge in [-0.2, -0.15) is 0 Å². The molecule has 0 aliphatic heterocycles. The lowest BCUT2D eigenvalue weighted by atomic mass is 9.98. The van der Waals surface area contributed by atoms with E-state index in [1.807, 2.05) is 7.05 Å². The van der Waals surface area contributed by atoms with Crippen molar-refractivity contribution in [1.29, 1.82) is 0 Å². The molecule has 0 aliphatic rings. The lowest BCUT2D eigenvalue weighted by Gasteiger charge is -2.16. The molecule has 0 aromatic heterocycles. The fourth-order valence-electron chi connectivity index (χ4n) is 2.08. The van der Waals surface area contributed by atoms with Crippen molar-refractivity contribution in [1.82, 2.24) is 10.6 Å². The first-order chi connectivity index (χ1) is 8.11. The molecule has 0 amide bonds. The zero-order valence-electron chi connectivity index (χ0n) is 11.6. The van der Waals surface area contributed by atoms with E-state index in [0.29, 0.717) is 0 Å². The molecule has 1 aromatic carbocycles. The van der Waals surface area contributed by atoms with Crippen LogP contribution in [0.25, 0.3) is 0 Å². The number of benzene rings is 1. The van der Waals surface area contributed by atoms with E-state index < -0.39 is 0 Å². The van der Waals surface area contributed by atoms with E-state index in [2.05, 4.69) is 37.5 Å². The highest BCUT2D eigenvalue weighted by Gasteiger charge is 2.09. The topological polar surface area (TPSA) is 33.3 Å². The van der Waals surface area contributed by atoms with Gasteiger partial charge in [0.05, 0.1) is 7.11 Å². The van der Waals surface area contributed by atoms with Gasteiger partial charge < -0.3 is 15.4 Å². The highest BCUT2D eigenvalue weighted by atomic mass is 16.5. The van der Waals surface area contributed by atoms with Crippen LogP contribution in [0, 0.1) is 20.8 Å². The highest BCUT2D eigenvalue weighted by molar-refractivity contribution is 5.48. The number of ether oxygens (including phenoxy) is 1. The van der Waals surface area contributed by atoms with Crippen LogP contribution in [0.4, 0.5) is 0 Å². The molecule has 0 bridgehead atoms. The van der Waals surface area contributed by atoms with Gasteiger partial charge in [-0.15, -0.1) is 0 Å². The second kappa shape index (κ2) is 6.62. The fourth-order valence-corrected chi connectivity index (χ4v) is 2.08. The minimum Gasteiger partial charge on any atom is -0.496 e. The third kappa shape index (κ3) is 3.45. The van der Waals surface area contributed by atoms with Gasteiger partial charge in [-0.25, -0.2) is 0 Å². The molecule has 1 aromatic rings. The summed E-state index contributed by atoms with van der Waals surface area (Å²) in [6.45, 7) is 9.28. The summed E-state index contributed by atoms with van der Waals surface area (Å²) in [7, 11) is 3.70. The molecule has 0 spiro atoms. The maximum absolute atomic E-state index is 5.42. The van der Waals surface area contributed by atoms with Crippen LogP contribution in [-0.4, -0.2) is 27.2 Å². The maximum Gasteiger partial charge on any atom is 0.124 e. The van der Waals surface area contributed by atoms with Gasteiger partial charge in [0.2, 0.25) is 0 Å². The average molecular weight is 236 g/mol. The Bertz CT molecular complexity index is 375. The number of nitrogens with one attached hydrogen (secondary N) is 2. The van der Waals surface area contributed by atoms with Crippen molar-refractivity contribution in [3.05, 3.63) is 28.3 Å². The normalized spacial score (nSPS) is 10.6. The third-order valence-electron chi connectivity index (χ3n) is 3.21. The van der Waals surface area contributed by atoms with Crippen LogP contribution >= 0.6 is 0 Å². The van der Waals surface area contributed by atoms with E-state index in [0.717, 1.165) is 25.4 Å². The van der Waals surface area contributed by atoms with E-state index in [-0.39, 0.29) is 0 Å². The lowest BCUT2D eigenvalue weighted by Crippen LogP contribution is -2.24. The molecule has 0 saturated heterocycles. The Morgan fingerprint density at radius 1 is 1.12 bits per heavy atom. The summed E-state index contributed by atoms with van der Waals surface area (Å²) in [5.74, 6) is 1.02. The molecule has 0 unspecified atom stereocenters. The fraction of sp³-hybridized carbons (Fsp3) is 0.571. The molecular formula is C14H24N2O. The van der Waals surface area contributed by atoms with Gasteiger partial charge in [-0.1, -0.05) is 6.07 Å². The summed E-state index contributed by atoms with van der Waals surface area (Å²) in [4.78, 5) is 0. The number of aryl methyl sites for hydroxylation is 1. The largest absolute Gasteiger partial charge is 0.496 e. The third-order valence-corrected chi connectivity index (χ3v) is 3.21. The Morgan fingerprint density at radius 2 is 1.82 bits per heavy atom. The lowest BCUT2D eigenvalue weighted by molar-refractivity contribution is 0.408. The summed E-state index contributed by atoms with van der Waals surface area (Å²) in [6.07, 6.45) is 0. The molecule has 0 heterocycles. The Morgan fingerprint density at radius 3 is 2.41 bits per heavy atom. The SMILES string of the molecule is CNCCNCc1cc(C)c(OC)c(C)c1C. The molecule has 1 rings (SSSR count). The van der Waals surface area contributed by atoms with Gasteiger partial charge in [-0.05, 0) is 50.1 Å². The number of likely N-dealkylation sites (N-methyl/N-ethyl adjacent to an activating group) is 1. The highest BCUT2D eigenvalue weighted by Crippen LogP contribution is 2.28. The standard InChI is InChI=1S/C14H24N2O/c1-10-8-13(9-16-7-6-15-4)11(2)12(3)14(10)17-5/h8,15-16H,6-7,9H2,1-5H3. The van der Waals surface area contributed by atoms with E-state index in [1.165, 1.54) is 22.3 Å². The van der Waals surface area contributed by atoms with Crippen molar-refractivity contribution in [2.24, 2.45) is 0 Å². The summed E-state index contributed by atoms with van der Waals surface area (Å²) in [5, 5.41) is 6.56. The number of hydrogen-bond acceptors (Lipinski definition) is 3. The molecule has 0 fully saturated rings. The monoisotopic (exact) mass is 236 g/mol. The summed E-state index contributed by atoms with van der Waals surface area (Å²) < 4.78 is 5.42. The average Bonchev–Trinajstić information content (AvgIpc) is 2.31. The second-order valence-electron chi connectivity index (χ2n) is 4.42. The Balaban J connectivity index is 2.80. The summed E-state index contributed by atoms with van der Waals surface area (Å²) >= 11 is 0. The van der Waals surface area contributed by atoms with Crippen molar-refractivity contribution >= 4 is 0 Å². The van der Waals surface area contributed by atoms with Crippen molar-refractivity contribution in [2.45, 2.75) is 27.3 Å². The molecule has 96 valence electrons. The van der Waals surface area contributed by atoms with Crippen LogP contribution in [0.5, 0.6) is 5.75 Å². The Hall–Kier alpha value is -1.06. The van der Waals surface area contributed by atoms with Crippen LogP contribution in [0.15, 0.2) is 6.07 Å². The van der Waals surface area contributed by atoms with Gasteiger partial charge in [0.15, 0.2) is 0 Å². The van der Waals surface area contributed by atoms with Gasteiger partial charge in [0.1, 0.15) is 5.75 Å². The predicted molar refractivity (Wildman–Crippen MR) is 72.8 cm³/mol. The van der Waals surface area contributed by atoms with E-state index in [1.54, 1.807) is 7.11 Å². The van der Waals surface area contributed by atoms with Gasteiger partial charge in [0.25, 0.3) is 0 Å². The molecule has 2 N–H and O–H groups in total. The van der Waals surface area contributed by atoms with Crippen LogP contribution < -0.4 is 15.4 Å². The summed E-state index contributed by atoms with van der Waals surface area (Å²) in [6, 6.07) is 2.22. The number of rotatable bonds is 6. The zero-order chi connectivity index (χ0) is 12.8. The quantitative estimate of drug-likeness (QED) is 0.740. The van der Waals surface area contributed by atoms with Crippen LogP contribution in [-0.2, 0) is 6.54 Å². The van der Waals surface area contributed by atoms with Gasteiger partial charge in [-0.3, -0.25) is 0 Å². The van der Waals surface area contributed by atoms with Crippen LogP contribution in [0.1, 0.15) is 22.3 Å². The minimum absolute atomic E-state index is 0.916. The molecule has 0 radical (unpaired) electrons. The predicted octanol–water partition coefficient (Wildman–Crippen LogP) is 1.93. The molecule has 3 nitrogen and oxygen atoms in total. The van der Waals surface area contributed by atoms with Gasteiger partial charge in [0, 0.05) is 19.6 Å². The number of methoxy groups -OCH3 is 1. The Labute approximate surface area is 105 Å². The minimum atomic E-state index is 0.916. The van der Waals surface area contributed by atoms with Crippen molar-refractivity contribution in [2.75, 3.05) is 27.2 Å². The Kier molecular flexibility index (Phi) is 5.45. The second-order valence-corrected chi connectivity index (χ2v) is 4.42. The molecule has 0 atom stereocenters. The van der Waals surface area contributed by atoms with Crippen LogP contribution in [0.3, 0.4) is 0 Å². The summed E-state index contributed by atoms with van der Waals surface area (Å²) in [5.41, 5.74) is 5.14. The van der Waals surface area contributed by atoms with E-state index in [4.69, 9.17) is 4.74 Å². The molecule has 17 heavy (non-hydrogen) atoms. The molecule has 0 saturated carbocycles. The van der Waals surface area contributed by atoms with Crippen molar-refractivity contribution < 1.29 is 4.74 Å². The zero-order valence-corrected chi connectivity index (χ0v) is 11.6. The van der Waals surface area contributed by atoms with E-state index in [9.17, 15) is 0 Å². The van der Waals surface area contributed by atoms with Crippen molar-refractivity contribution in [3.63, 3.8) is 0 Å². The first-order valence-corrected chi connectivity index (χ1v) is 6.10.